The van der Waals surface area contributed by atoms with E-state index < -0.39 is 16.8 Å². The number of carboxylic acids is 1. The Bertz CT molecular complexity index is 350. The summed E-state index contributed by atoms with van der Waals surface area (Å²) in [6, 6.07) is 0. The second-order valence-electron chi connectivity index (χ2n) is 4.56. The number of nitrogens with zero attached hydrogens (tertiary/aromatic N) is 2. The Balaban J connectivity index is 2.88. The maximum absolute atomic E-state index is 12.0. The molecular formula is C11H18N2O4S. The summed E-state index contributed by atoms with van der Waals surface area (Å²) in [7, 11) is 0. The lowest BCUT2D eigenvalue weighted by atomic mass is 9.98. The monoisotopic (exact) mass is 274 g/mol. The predicted molar refractivity (Wildman–Crippen MR) is 69.1 cm³/mol. The van der Waals surface area contributed by atoms with E-state index >= 15 is 0 Å². The van der Waals surface area contributed by atoms with Crippen LogP contribution in [0.1, 0.15) is 39.5 Å². The van der Waals surface area contributed by atoms with Crippen LogP contribution in [0.2, 0.25) is 0 Å². The summed E-state index contributed by atoms with van der Waals surface area (Å²) in [6.45, 7) is 3.84. The highest BCUT2D eigenvalue weighted by Gasteiger charge is 2.53. The molecule has 102 valence electrons. The van der Waals surface area contributed by atoms with Gasteiger partial charge in [-0.05, 0) is 19.8 Å². The van der Waals surface area contributed by atoms with E-state index in [1.165, 1.54) is 11.8 Å². The van der Waals surface area contributed by atoms with Crippen LogP contribution in [0.5, 0.6) is 0 Å². The minimum Gasteiger partial charge on any atom is -0.479 e. The molecule has 6 nitrogen and oxygen atoms in total. The van der Waals surface area contributed by atoms with Crippen LogP contribution in [-0.2, 0) is 9.59 Å². The molecule has 1 fully saturated rings. The highest BCUT2D eigenvalue weighted by Crippen LogP contribution is 2.38. The van der Waals surface area contributed by atoms with Crippen LogP contribution < -0.4 is 0 Å². The molecule has 0 aromatic carbocycles. The first-order chi connectivity index (χ1) is 8.48. The summed E-state index contributed by atoms with van der Waals surface area (Å²) >= 11 is 0.714. The Morgan fingerprint density at radius 1 is 1.56 bits per heavy atom. The van der Waals surface area contributed by atoms with Crippen LogP contribution >= 0.6 is 11.9 Å². The summed E-state index contributed by atoms with van der Waals surface area (Å²) in [5.41, 5.74) is -1.33. The van der Waals surface area contributed by atoms with Crippen molar-refractivity contribution in [2.75, 3.05) is 6.54 Å². The number of amides is 1. The minimum atomic E-state index is -1.33. The maximum atomic E-state index is 12.0. The summed E-state index contributed by atoms with van der Waals surface area (Å²) in [6.07, 6.45) is 2.47. The number of unbranched alkanes of at least 4 members (excludes halogenated alkanes) is 1. The van der Waals surface area contributed by atoms with Crippen LogP contribution in [-0.4, -0.2) is 39.2 Å². The zero-order chi connectivity index (χ0) is 13.8. The summed E-state index contributed by atoms with van der Waals surface area (Å²) < 4.78 is 2.72. The Labute approximate surface area is 110 Å². The van der Waals surface area contributed by atoms with Crippen LogP contribution in [0.4, 0.5) is 0 Å². The first kappa shape index (κ1) is 14.9. The average molecular weight is 274 g/mol. The first-order valence-corrected chi connectivity index (χ1v) is 6.84. The number of aliphatic carboxylic acids is 1. The first-order valence-electron chi connectivity index (χ1n) is 6.00. The maximum Gasteiger partial charge on any atom is 0.330 e. The molecule has 1 aliphatic heterocycles. The smallest absolute Gasteiger partial charge is 0.330 e. The highest BCUT2D eigenvalue weighted by atomic mass is 32.2. The van der Waals surface area contributed by atoms with Gasteiger partial charge < -0.3 is 10.0 Å². The second-order valence-corrected chi connectivity index (χ2v) is 5.49. The van der Waals surface area contributed by atoms with Gasteiger partial charge in [-0.3, -0.25) is 4.79 Å². The van der Waals surface area contributed by atoms with Crippen molar-refractivity contribution >= 4 is 23.8 Å². The van der Waals surface area contributed by atoms with Crippen LogP contribution in [0, 0.1) is 4.91 Å². The molecule has 0 unspecified atom stereocenters. The SMILES string of the molecule is CCCCC(=O)N1CC[C@H](SN=O)[C@@]1(C)C(=O)O. The number of carboxylic acid groups (broad SMARTS) is 1. The standard InChI is InChI=1S/C11H18N2O4S/c1-3-4-5-9(14)13-7-6-8(18-12-17)11(13,2)10(15)16/h8H,3-7H2,1-2H3,(H,15,16)/t8-,11-/m0/s1. The van der Waals surface area contributed by atoms with E-state index in [0.29, 0.717) is 31.3 Å². The van der Waals surface area contributed by atoms with Gasteiger partial charge in [0.05, 0.1) is 5.25 Å². The van der Waals surface area contributed by atoms with Gasteiger partial charge >= 0.3 is 5.97 Å². The molecule has 1 amide bonds. The number of hydrogen-bond donors (Lipinski definition) is 1. The molecule has 0 spiro atoms. The van der Waals surface area contributed by atoms with Gasteiger partial charge in [0.25, 0.3) is 0 Å². The zero-order valence-corrected chi connectivity index (χ0v) is 11.4. The molecule has 0 aromatic heterocycles. The van der Waals surface area contributed by atoms with Crippen LogP contribution in [0.3, 0.4) is 0 Å². The van der Waals surface area contributed by atoms with Crippen LogP contribution in [0.25, 0.3) is 0 Å². The molecule has 0 aromatic rings. The molecular weight excluding hydrogens is 256 g/mol. The normalized spacial score (nSPS) is 27.2. The molecule has 7 heteroatoms. The lowest BCUT2D eigenvalue weighted by molar-refractivity contribution is -0.155. The largest absolute Gasteiger partial charge is 0.479 e. The number of rotatable bonds is 6. The molecule has 2 atom stereocenters. The molecule has 1 rings (SSSR count). The van der Waals surface area contributed by atoms with E-state index in [-0.39, 0.29) is 5.91 Å². The van der Waals surface area contributed by atoms with Crippen molar-refractivity contribution in [3.05, 3.63) is 4.91 Å². The van der Waals surface area contributed by atoms with E-state index in [0.717, 1.165) is 12.8 Å². The highest BCUT2D eigenvalue weighted by molar-refractivity contribution is 7.98. The molecule has 18 heavy (non-hydrogen) atoms. The summed E-state index contributed by atoms with van der Waals surface area (Å²) in [5.74, 6) is -1.23. The van der Waals surface area contributed by atoms with Crippen molar-refractivity contribution < 1.29 is 14.7 Å². The fourth-order valence-electron chi connectivity index (χ4n) is 2.24. The fraction of sp³-hybridized carbons (Fsp3) is 0.818. The molecule has 0 aliphatic carbocycles. The van der Waals surface area contributed by atoms with Gasteiger partial charge in [0.2, 0.25) is 5.91 Å². The lowest BCUT2D eigenvalue weighted by Gasteiger charge is -2.34. The Kier molecular flexibility index (Phi) is 5.13. The molecule has 0 saturated carbocycles. The predicted octanol–water partition coefficient (Wildman–Crippen LogP) is 2.04. The van der Waals surface area contributed by atoms with E-state index in [2.05, 4.69) is 4.58 Å². The fourth-order valence-corrected chi connectivity index (χ4v) is 2.99. The van der Waals surface area contributed by atoms with Crippen molar-refractivity contribution in [2.45, 2.75) is 50.3 Å². The number of carbonyl (C=O) groups is 2. The summed E-state index contributed by atoms with van der Waals surface area (Å²) in [5, 5.41) is 8.89. The minimum absolute atomic E-state index is 0.157. The van der Waals surface area contributed by atoms with Gasteiger partial charge in [0.1, 0.15) is 0 Å². The molecule has 1 aliphatic rings. The van der Waals surface area contributed by atoms with E-state index in [1.54, 1.807) is 0 Å². The molecule has 0 bridgehead atoms. The van der Waals surface area contributed by atoms with E-state index in [9.17, 15) is 19.6 Å². The number of nitroso groups, excluding NO2 is 1. The van der Waals surface area contributed by atoms with Crippen molar-refractivity contribution in [1.29, 1.82) is 0 Å². The van der Waals surface area contributed by atoms with Gasteiger partial charge in [-0.1, -0.05) is 13.3 Å². The van der Waals surface area contributed by atoms with Crippen molar-refractivity contribution in [1.82, 2.24) is 4.90 Å². The quantitative estimate of drug-likeness (QED) is 0.591. The summed E-state index contributed by atoms with van der Waals surface area (Å²) in [4.78, 5) is 35.2. The molecule has 1 heterocycles. The Morgan fingerprint density at radius 3 is 2.72 bits per heavy atom. The average Bonchev–Trinajstić information content (AvgIpc) is 2.66. The zero-order valence-electron chi connectivity index (χ0n) is 10.6. The van der Waals surface area contributed by atoms with Crippen molar-refractivity contribution in [3.8, 4) is 0 Å². The van der Waals surface area contributed by atoms with Gasteiger partial charge in [-0.25, -0.2) is 4.79 Å². The van der Waals surface area contributed by atoms with Crippen molar-refractivity contribution in [2.24, 2.45) is 4.58 Å². The number of carbonyl (C=O) groups excluding carboxylic acids is 1. The third-order valence-electron chi connectivity index (χ3n) is 3.45. The molecule has 1 saturated heterocycles. The molecule has 0 radical (unpaired) electrons. The van der Waals surface area contributed by atoms with Gasteiger partial charge in [-0.2, -0.15) is 0 Å². The Hall–Kier alpha value is -1.11. The molecule has 1 N–H and O–H groups in total. The lowest BCUT2D eigenvalue weighted by Crippen LogP contribution is -2.55. The third-order valence-corrected chi connectivity index (χ3v) is 4.49. The number of likely N-dealkylation sites (tertiary alicyclic amines) is 1. The van der Waals surface area contributed by atoms with Gasteiger partial charge in [0.15, 0.2) is 5.54 Å². The third kappa shape index (κ3) is 2.66. The van der Waals surface area contributed by atoms with Gasteiger partial charge in [-0.15, -0.1) is 4.91 Å². The van der Waals surface area contributed by atoms with E-state index in [4.69, 9.17) is 0 Å². The van der Waals surface area contributed by atoms with Gasteiger partial charge in [0, 0.05) is 29.5 Å². The number of hydrogen-bond acceptors (Lipinski definition) is 5. The van der Waals surface area contributed by atoms with Crippen LogP contribution in [0.15, 0.2) is 4.58 Å². The second kappa shape index (κ2) is 6.17. The van der Waals surface area contributed by atoms with E-state index in [1.807, 2.05) is 6.92 Å². The van der Waals surface area contributed by atoms with Crippen molar-refractivity contribution in [3.63, 3.8) is 0 Å². The topological polar surface area (TPSA) is 87.0 Å². The Morgan fingerprint density at radius 2 is 2.22 bits per heavy atom.